The second-order valence-corrected chi connectivity index (χ2v) is 6.88. The average Bonchev–Trinajstić information content (AvgIpc) is 3.28. The van der Waals surface area contributed by atoms with Crippen LogP contribution in [0.25, 0.3) is 0 Å². The van der Waals surface area contributed by atoms with Gasteiger partial charge in [-0.1, -0.05) is 24.3 Å². The van der Waals surface area contributed by atoms with Crippen molar-refractivity contribution in [3.8, 4) is 5.75 Å². The molecule has 4 rings (SSSR count). The summed E-state index contributed by atoms with van der Waals surface area (Å²) < 4.78 is 22.9. The van der Waals surface area contributed by atoms with E-state index >= 15 is 0 Å². The van der Waals surface area contributed by atoms with Crippen molar-refractivity contribution in [2.45, 2.75) is 37.1 Å². The van der Waals surface area contributed by atoms with E-state index in [0.717, 1.165) is 5.75 Å². The number of hydrogen-bond acceptors (Lipinski definition) is 6. The van der Waals surface area contributed by atoms with Crippen molar-refractivity contribution in [1.82, 2.24) is 0 Å². The maximum Gasteiger partial charge on any atom is 0.223 e. The lowest BCUT2D eigenvalue weighted by molar-refractivity contribution is -0.139. The van der Waals surface area contributed by atoms with Gasteiger partial charge in [0.25, 0.3) is 0 Å². The second-order valence-electron chi connectivity index (χ2n) is 6.88. The molecule has 1 saturated carbocycles. The summed E-state index contributed by atoms with van der Waals surface area (Å²) in [5.41, 5.74) is 0. The molecule has 1 aromatic rings. The molecule has 2 aliphatic heterocycles. The third-order valence-electron chi connectivity index (χ3n) is 5.23. The number of para-hydroxylation sites is 1. The van der Waals surface area contributed by atoms with E-state index < -0.39 is 18.2 Å². The molecule has 136 valence electrons. The lowest BCUT2D eigenvalue weighted by Crippen LogP contribution is -2.35. The Labute approximate surface area is 147 Å². The van der Waals surface area contributed by atoms with Crippen molar-refractivity contribution < 1.29 is 29.2 Å². The van der Waals surface area contributed by atoms with Crippen LogP contribution in [0.5, 0.6) is 5.75 Å². The van der Waals surface area contributed by atoms with E-state index in [4.69, 9.17) is 18.9 Å². The number of aliphatic hydroxyl groups excluding tert-OH is 2. The summed E-state index contributed by atoms with van der Waals surface area (Å²) >= 11 is 0. The summed E-state index contributed by atoms with van der Waals surface area (Å²) in [6.07, 6.45) is 3.60. The first kappa shape index (κ1) is 17.0. The molecular weight excluding hydrogens is 324 g/mol. The molecule has 0 aromatic heterocycles. The van der Waals surface area contributed by atoms with Gasteiger partial charge < -0.3 is 29.2 Å². The van der Waals surface area contributed by atoms with E-state index in [1.165, 1.54) is 0 Å². The van der Waals surface area contributed by atoms with Gasteiger partial charge in [-0.05, 0) is 24.1 Å². The largest absolute Gasteiger partial charge is 0.488 e. The first-order valence-corrected chi connectivity index (χ1v) is 8.82. The molecule has 3 aliphatic rings. The first-order valence-electron chi connectivity index (χ1n) is 8.82. The molecule has 5 atom stereocenters. The molecule has 3 fully saturated rings. The molecule has 2 N–H and O–H groups in total. The molecule has 0 amide bonds. The minimum absolute atomic E-state index is 0.0800. The fourth-order valence-corrected chi connectivity index (χ4v) is 3.99. The Hall–Kier alpha value is -1.44. The van der Waals surface area contributed by atoms with Gasteiger partial charge in [0.2, 0.25) is 5.79 Å². The predicted octanol–water partition coefficient (Wildman–Crippen LogP) is 1.47. The molecule has 2 saturated heterocycles. The Bertz CT molecular complexity index is 597. The Kier molecular flexibility index (Phi) is 4.80. The highest BCUT2D eigenvalue weighted by Crippen LogP contribution is 2.43. The van der Waals surface area contributed by atoms with Gasteiger partial charge >= 0.3 is 0 Å². The van der Waals surface area contributed by atoms with Gasteiger partial charge in [-0.2, -0.15) is 0 Å². The van der Waals surface area contributed by atoms with Crippen molar-refractivity contribution in [1.29, 1.82) is 0 Å². The normalized spacial score (nSPS) is 36.8. The first-order chi connectivity index (χ1) is 12.2. The zero-order chi connectivity index (χ0) is 17.3. The van der Waals surface area contributed by atoms with Gasteiger partial charge in [0.05, 0.1) is 25.4 Å². The van der Waals surface area contributed by atoms with Gasteiger partial charge in [0.15, 0.2) is 6.29 Å². The van der Waals surface area contributed by atoms with E-state index in [9.17, 15) is 10.2 Å². The van der Waals surface area contributed by atoms with Crippen LogP contribution in [0.2, 0.25) is 0 Å². The molecule has 6 nitrogen and oxygen atoms in total. The topological polar surface area (TPSA) is 77.4 Å². The summed E-state index contributed by atoms with van der Waals surface area (Å²) in [5, 5.41) is 20.0. The van der Waals surface area contributed by atoms with Crippen molar-refractivity contribution in [2.75, 3.05) is 19.8 Å². The van der Waals surface area contributed by atoms with Crippen LogP contribution >= 0.6 is 0 Å². The van der Waals surface area contributed by atoms with Crippen LogP contribution in [0.3, 0.4) is 0 Å². The van der Waals surface area contributed by atoms with Gasteiger partial charge in [-0.25, -0.2) is 0 Å². The monoisotopic (exact) mass is 348 g/mol. The average molecular weight is 348 g/mol. The Morgan fingerprint density at radius 1 is 1.12 bits per heavy atom. The molecule has 25 heavy (non-hydrogen) atoms. The Morgan fingerprint density at radius 2 is 1.88 bits per heavy atom. The zero-order valence-electron chi connectivity index (χ0n) is 14.0. The SMILES string of the molecule is OC1C[C@@H]2[C@@H](/C=C/C3(COc4ccccc4)OCCO3)[C@H](O)C[C@@H]2O1. The minimum Gasteiger partial charge on any atom is -0.488 e. The molecule has 0 radical (unpaired) electrons. The highest BCUT2D eigenvalue weighted by atomic mass is 16.8. The van der Waals surface area contributed by atoms with Gasteiger partial charge in [-0.3, -0.25) is 0 Å². The van der Waals surface area contributed by atoms with Gasteiger partial charge in [0, 0.05) is 18.8 Å². The standard InChI is InChI=1S/C19H24O6/c20-16-11-17-15(10-18(21)25-17)14(16)6-7-19(23-8-9-24-19)12-22-13-4-2-1-3-5-13/h1-7,14-18,20-21H,8-12H2/b7-6+/t14-,15-,16-,17+,18?/m1/s1. The molecule has 1 aliphatic carbocycles. The van der Waals surface area contributed by atoms with E-state index in [2.05, 4.69) is 0 Å². The maximum absolute atomic E-state index is 10.3. The third kappa shape index (κ3) is 3.59. The van der Waals surface area contributed by atoms with E-state index in [1.54, 1.807) is 0 Å². The van der Waals surface area contributed by atoms with Crippen molar-refractivity contribution in [3.63, 3.8) is 0 Å². The molecule has 0 spiro atoms. The molecule has 1 aromatic carbocycles. The molecule has 6 heteroatoms. The number of fused-ring (bicyclic) bond motifs is 1. The highest BCUT2D eigenvalue weighted by molar-refractivity contribution is 5.21. The molecule has 2 heterocycles. The predicted molar refractivity (Wildman–Crippen MR) is 88.8 cm³/mol. The fraction of sp³-hybridized carbons (Fsp3) is 0.579. The van der Waals surface area contributed by atoms with Crippen molar-refractivity contribution in [3.05, 3.63) is 42.5 Å². The van der Waals surface area contributed by atoms with Crippen LogP contribution in [-0.2, 0) is 14.2 Å². The second kappa shape index (κ2) is 7.05. The van der Waals surface area contributed by atoms with Gasteiger partial charge in [-0.15, -0.1) is 0 Å². The Balaban J connectivity index is 1.45. The maximum atomic E-state index is 10.3. The lowest BCUT2D eigenvalue weighted by Gasteiger charge is -2.25. The van der Waals surface area contributed by atoms with E-state index in [-0.39, 0.29) is 24.5 Å². The number of ether oxygens (including phenoxy) is 4. The summed E-state index contributed by atoms with van der Waals surface area (Å²) in [7, 11) is 0. The fourth-order valence-electron chi connectivity index (χ4n) is 3.99. The number of aliphatic hydroxyl groups is 2. The summed E-state index contributed by atoms with van der Waals surface area (Å²) in [4.78, 5) is 0. The lowest BCUT2D eigenvalue weighted by atomic mass is 9.91. The van der Waals surface area contributed by atoms with Gasteiger partial charge in [0.1, 0.15) is 12.4 Å². The third-order valence-corrected chi connectivity index (χ3v) is 5.23. The van der Waals surface area contributed by atoms with E-state index in [1.807, 2.05) is 42.5 Å². The molecular formula is C19H24O6. The van der Waals surface area contributed by atoms with Crippen molar-refractivity contribution in [2.24, 2.45) is 11.8 Å². The number of rotatable bonds is 5. The van der Waals surface area contributed by atoms with Crippen molar-refractivity contribution >= 4 is 0 Å². The quantitative estimate of drug-likeness (QED) is 0.785. The Morgan fingerprint density at radius 3 is 2.64 bits per heavy atom. The van der Waals surface area contributed by atoms with Crippen LogP contribution in [0.4, 0.5) is 0 Å². The van der Waals surface area contributed by atoms with Crippen LogP contribution in [-0.4, -0.2) is 54.3 Å². The van der Waals surface area contributed by atoms with Crippen LogP contribution < -0.4 is 4.74 Å². The van der Waals surface area contributed by atoms with Crippen LogP contribution in [0.15, 0.2) is 42.5 Å². The number of benzene rings is 1. The molecule has 0 bridgehead atoms. The zero-order valence-corrected chi connectivity index (χ0v) is 14.0. The highest BCUT2D eigenvalue weighted by Gasteiger charge is 2.48. The summed E-state index contributed by atoms with van der Waals surface area (Å²) in [6, 6.07) is 9.52. The minimum atomic E-state index is -0.939. The summed E-state index contributed by atoms with van der Waals surface area (Å²) in [5.74, 6) is -0.146. The van der Waals surface area contributed by atoms with Crippen LogP contribution in [0.1, 0.15) is 12.8 Å². The van der Waals surface area contributed by atoms with Crippen LogP contribution in [0, 0.1) is 11.8 Å². The smallest absolute Gasteiger partial charge is 0.223 e. The molecule has 1 unspecified atom stereocenters. The van der Waals surface area contributed by atoms with E-state index in [0.29, 0.717) is 26.1 Å². The number of hydrogen-bond donors (Lipinski definition) is 2. The summed E-state index contributed by atoms with van der Waals surface area (Å²) in [6.45, 7) is 1.25.